The van der Waals surface area contributed by atoms with Crippen LogP contribution in [0, 0.1) is 5.82 Å². The van der Waals surface area contributed by atoms with Gasteiger partial charge in [0.1, 0.15) is 11.6 Å². The van der Waals surface area contributed by atoms with Gasteiger partial charge >= 0.3 is 0 Å². The number of benzene rings is 1. The minimum atomic E-state index is -0.287. The van der Waals surface area contributed by atoms with Crippen LogP contribution in [0.15, 0.2) is 48.2 Å². The maximum atomic E-state index is 14.2. The molecule has 1 aliphatic heterocycles. The molecule has 0 bridgehead atoms. The second kappa shape index (κ2) is 5.31. The maximum Gasteiger partial charge on any atom is 0.136 e. The van der Waals surface area contributed by atoms with E-state index in [1.807, 2.05) is 30.9 Å². The van der Waals surface area contributed by atoms with Crippen molar-refractivity contribution in [3.05, 3.63) is 59.6 Å². The highest BCUT2D eigenvalue weighted by Gasteiger charge is 2.22. The molecule has 1 aromatic carbocycles. The molecule has 1 aromatic rings. The molecule has 0 atom stereocenters. The zero-order valence-electron chi connectivity index (χ0n) is 11.5. The monoisotopic (exact) mass is 259 g/mol. The first-order chi connectivity index (χ1) is 9.10. The molecule has 100 valence electrons. The normalized spacial score (nSPS) is 15.2. The van der Waals surface area contributed by atoms with Crippen LogP contribution in [-0.4, -0.2) is 18.6 Å². The fraction of sp³-hybridized carbons (Fsp3) is 0.250. The van der Waals surface area contributed by atoms with Gasteiger partial charge in [0.05, 0.1) is 18.4 Å². The summed E-state index contributed by atoms with van der Waals surface area (Å²) in [7, 11) is 1.55. The predicted molar refractivity (Wildman–Crippen MR) is 76.2 cm³/mol. The van der Waals surface area contributed by atoms with Crippen molar-refractivity contribution < 1.29 is 9.13 Å². The molecule has 0 N–H and O–H groups in total. The minimum absolute atomic E-state index is 0.287. The number of hydrogen-bond acceptors (Lipinski definition) is 2. The zero-order chi connectivity index (χ0) is 14.0. The van der Waals surface area contributed by atoms with Gasteiger partial charge in [-0.3, -0.25) is 0 Å². The number of hydrogen-bond donors (Lipinski definition) is 0. The zero-order valence-corrected chi connectivity index (χ0v) is 11.5. The number of rotatable bonds is 3. The Morgan fingerprint density at radius 3 is 2.68 bits per heavy atom. The number of halogens is 1. The van der Waals surface area contributed by atoms with E-state index in [0.717, 1.165) is 23.5 Å². The molecule has 1 heterocycles. The lowest BCUT2D eigenvalue weighted by molar-refractivity contribution is 0.406. The van der Waals surface area contributed by atoms with Gasteiger partial charge < -0.3 is 9.64 Å². The molecular formula is C16H18FNO. The fourth-order valence-corrected chi connectivity index (χ4v) is 2.25. The van der Waals surface area contributed by atoms with Gasteiger partial charge in [-0.1, -0.05) is 18.7 Å². The van der Waals surface area contributed by atoms with Crippen molar-refractivity contribution in [1.29, 1.82) is 0 Å². The topological polar surface area (TPSA) is 12.5 Å². The van der Waals surface area contributed by atoms with Crippen LogP contribution in [0.25, 0.3) is 5.70 Å². The van der Waals surface area contributed by atoms with E-state index in [9.17, 15) is 4.39 Å². The Bertz CT molecular complexity index is 572. The summed E-state index contributed by atoms with van der Waals surface area (Å²) in [5, 5.41) is 0. The molecule has 2 rings (SSSR count). The average Bonchev–Trinajstić information content (AvgIpc) is 2.41. The van der Waals surface area contributed by atoms with Gasteiger partial charge in [-0.2, -0.15) is 0 Å². The van der Waals surface area contributed by atoms with E-state index in [4.69, 9.17) is 4.74 Å². The van der Waals surface area contributed by atoms with Gasteiger partial charge in [-0.05, 0) is 37.6 Å². The number of likely N-dealkylation sites (N-methyl/N-ethyl adjacent to an activating group) is 1. The van der Waals surface area contributed by atoms with Gasteiger partial charge in [0.25, 0.3) is 0 Å². The molecular weight excluding hydrogens is 241 g/mol. The molecule has 0 amide bonds. The van der Waals surface area contributed by atoms with Crippen LogP contribution in [0.5, 0.6) is 5.75 Å². The molecule has 0 saturated heterocycles. The van der Waals surface area contributed by atoms with Crippen molar-refractivity contribution in [3.63, 3.8) is 0 Å². The maximum absolute atomic E-state index is 14.2. The van der Waals surface area contributed by atoms with Gasteiger partial charge in [-0.25, -0.2) is 4.39 Å². The highest BCUT2D eigenvalue weighted by Crippen LogP contribution is 2.36. The highest BCUT2D eigenvalue weighted by atomic mass is 19.1. The predicted octanol–water partition coefficient (Wildman–Crippen LogP) is 3.97. The van der Waals surface area contributed by atoms with E-state index in [1.54, 1.807) is 19.2 Å². The number of allylic oxidation sites excluding steroid dienone is 3. The summed E-state index contributed by atoms with van der Waals surface area (Å²) in [6.45, 7) is 8.81. The van der Waals surface area contributed by atoms with Gasteiger partial charge in [0.2, 0.25) is 0 Å². The van der Waals surface area contributed by atoms with E-state index >= 15 is 0 Å². The SMILES string of the molecule is C=C1C(C)=CC=C(c2c(F)cccc2OC)N1CC. The van der Waals surface area contributed by atoms with Gasteiger partial charge in [-0.15, -0.1) is 0 Å². The number of methoxy groups -OCH3 is 1. The van der Waals surface area contributed by atoms with E-state index in [1.165, 1.54) is 6.07 Å². The van der Waals surface area contributed by atoms with Crippen LogP contribution >= 0.6 is 0 Å². The molecule has 3 heteroatoms. The molecule has 0 saturated carbocycles. The van der Waals surface area contributed by atoms with Crippen LogP contribution in [0.4, 0.5) is 4.39 Å². The first kappa shape index (κ1) is 13.4. The van der Waals surface area contributed by atoms with Gasteiger partial charge in [0, 0.05) is 12.2 Å². The van der Waals surface area contributed by atoms with Crippen molar-refractivity contribution in [2.24, 2.45) is 0 Å². The van der Waals surface area contributed by atoms with E-state index in [2.05, 4.69) is 6.58 Å². The summed E-state index contributed by atoms with van der Waals surface area (Å²) in [4.78, 5) is 2.00. The third-order valence-electron chi connectivity index (χ3n) is 3.33. The Labute approximate surface area is 113 Å². The van der Waals surface area contributed by atoms with Crippen LogP contribution in [0.1, 0.15) is 19.4 Å². The second-order valence-electron chi connectivity index (χ2n) is 4.41. The standard InChI is InChI=1S/C16H18FNO/c1-5-18-12(3)11(2)9-10-14(18)16-13(17)7-6-8-15(16)19-4/h6-10H,3,5H2,1-2,4H3. The van der Waals surface area contributed by atoms with Crippen LogP contribution in [-0.2, 0) is 0 Å². The summed E-state index contributed by atoms with van der Waals surface area (Å²) >= 11 is 0. The summed E-state index contributed by atoms with van der Waals surface area (Å²) in [6.07, 6.45) is 3.87. The van der Waals surface area contributed by atoms with Crippen molar-refractivity contribution in [3.8, 4) is 5.75 Å². The van der Waals surface area contributed by atoms with Crippen molar-refractivity contribution >= 4 is 5.70 Å². The molecule has 0 aliphatic carbocycles. The smallest absolute Gasteiger partial charge is 0.136 e. The van der Waals surface area contributed by atoms with Crippen molar-refractivity contribution in [2.75, 3.05) is 13.7 Å². The number of nitrogens with zero attached hydrogens (tertiary/aromatic N) is 1. The summed E-state index contributed by atoms with van der Waals surface area (Å²) in [5.74, 6) is 0.246. The van der Waals surface area contributed by atoms with E-state index in [-0.39, 0.29) is 5.82 Å². The quantitative estimate of drug-likeness (QED) is 0.814. The van der Waals surface area contributed by atoms with Crippen LogP contribution in [0.3, 0.4) is 0 Å². The molecule has 0 unspecified atom stereocenters. The lowest BCUT2D eigenvalue weighted by atomic mass is 10.0. The van der Waals surface area contributed by atoms with E-state index in [0.29, 0.717) is 11.3 Å². The third kappa shape index (κ3) is 2.28. The first-order valence-corrected chi connectivity index (χ1v) is 6.28. The van der Waals surface area contributed by atoms with Crippen molar-refractivity contribution in [2.45, 2.75) is 13.8 Å². The Kier molecular flexibility index (Phi) is 3.74. The fourth-order valence-electron chi connectivity index (χ4n) is 2.25. The molecule has 0 fully saturated rings. The number of ether oxygens (including phenoxy) is 1. The highest BCUT2D eigenvalue weighted by molar-refractivity contribution is 5.74. The molecule has 0 aromatic heterocycles. The average molecular weight is 259 g/mol. The van der Waals surface area contributed by atoms with Crippen LogP contribution < -0.4 is 4.74 Å². The second-order valence-corrected chi connectivity index (χ2v) is 4.41. The largest absolute Gasteiger partial charge is 0.496 e. The Balaban J connectivity index is 2.60. The summed E-state index contributed by atoms with van der Waals surface area (Å²) < 4.78 is 19.4. The van der Waals surface area contributed by atoms with Crippen LogP contribution in [0.2, 0.25) is 0 Å². The third-order valence-corrected chi connectivity index (χ3v) is 3.33. The molecule has 0 spiro atoms. The lowest BCUT2D eigenvalue weighted by Crippen LogP contribution is -2.24. The lowest BCUT2D eigenvalue weighted by Gasteiger charge is -2.32. The summed E-state index contributed by atoms with van der Waals surface area (Å²) in [6, 6.07) is 4.86. The Morgan fingerprint density at radius 1 is 1.32 bits per heavy atom. The summed E-state index contributed by atoms with van der Waals surface area (Å²) in [5.41, 5.74) is 3.25. The Morgan fingerprint density at radius 2 is 2.05 bits per heavy atom. The molecule has 2 nitrogen and oxygen atoms in total. The van der Waals surface area contributed by atoms with Gasteiger partial charge in [0.15, 0.2) is 0 Å². The molecule has 0 radical (unpaired) electrons. The Hall–Kier alpha value is -2.03. The first-order valence-electron chi connectivity index (χ1n) is 6.28. The minimum Gasteiger partial charge on any atom is -0.496 e. The van der Waals surface area contributed by atoms with E-state index < -0.39 is 0 Å². The van der Waals surface area contributed by atoms with Crippen molar-refractivity contribution in [1.82, 2.24) is 4.90 Å². The molecule has 19 heavy (non-hydrogen) atoms. The molecule has 1 aliphatic rings.